The van der Waals surface area contributed by atoms with E-state index in [-0.39, 0.29) is 17.7 Å². The molecule has 4 nitrogen and oxygen atoms in total. The van der Waals surface area contributed by atoms with Gasteiger partial charge < -0.3 is 9.73 Å². The Labute approximate surface area is 103 Å². The SMILES string of the molecule is CCCNC(=O)Cc1oc(C(C)(C)C)nc1C. The zero-order valence-corrected chi connectivity index (χ0v) is 11.4. The normalized spacial score (nSPS) is 11.6. The summed E-state index contributed by atoms with van der Waals surface area (Å²) in [6, 6.07) is 0. The molecular weight excluding hydrogens is 216 g/mol. The molecule has 0 atom stereocenters. The van der Waals surface area contributed by atoms with E-state index in [1.54, 1.807) is 0 Å². The van der Waals surface area contributed by atoms with Crippen LogP contribution in [0.1, 0.15) is 51.5 Å². The first-order chi connectivity index (χ1) is 7.84. The largest absolute Gasteiger partial charge is 0.444 e. The predicted molar refractivity (Wildman–Crippen MR) is 66.9 cm³/mol. The van der Waals surface area contributed by atoms with Crippen molar-refractivity contribution in [3.63, 3.8) is 0 Å². The first kappa shape index (κ1) is 13.7. The van der Waals surface area contributed by atoms with Crippen molar-refractivity contribution in [1.82, 2.24) is 10.3 Å². The molecule has 0 saturated carbocycles. The van der Waals surface area contributed by atoms with Crippen molar-refractivity contribution in [3.05, 3.63) is 17.3 Å². The maximum Gasteiger partial charge on any atom is 0.227 e. The molecule has 0 bridgehead atoms. The van der Waals surface area contributed by atoms with E-state index in [9.17, 15) is 4.79 Å². The molecule has 0 aliphatic heterocycles. The lowest BCUT2D eigenvalue weighted by molar-refractivity contribution is -0.120. The van der Waals surface area contributed by atoms with Crippen molar-refractivity contribution in [1.29, 1.82) is 0 Å². The van der Waals surface area contributed by atoms with E-state index < -0.39 is 0 Å². The average molecular weight is 238 g/mol. The molecule has 0 aliphatic rings. The van der Waals surface area contributed by atoms with Gasteiger partial charge in [-0.3, -0.25) is 4.79 Å². The molecule has 0 radical (unpaired) electrons. The van der Waals surface area contributed by atoms with Crippen molar-refractivity contribution in [2.75, 3.05) is 6.54 Å². The fourth-order valence-corrected chi connectivity index (χ4v) is 1.39. The molecular formula is C13H22N2O2. The van der Waals surface area contributed by atoms with E-state index in [0.29, 0.717) is 18.2 Å². The summed E-state index contributed by atoms with van der Waals surface area (Å²) >= 11 is 0. The monoisotopic (exact) mass is 238 g/mol. The van der Waals surface area contributed by atoms with Crippen LogP contribution in [0.4, 0.5) is 0 Å². The summed E-state index contributed by atoms with van der Waals surface area (Å²) in [6.45, 7) is 10.7. The van der Waals surface area contributed by atoms with Gasteiger partial charge in [0.15, 0.2) is 5.89 Å². The van der Waals surface area contributed by atoms with Crippen molar-refractivity contribution < 1.29 is 9.21 Å². The van der Waals surface area contributed by atoms with Crippen LogP contribution < -0.4 is 5.32 Å². The third-order valence-corrected chi connectivity index (χ3v) is 2.43. The van der Waals surface area contributed by atoms with E-state index in [4.69, 9.17) is 4.42 Å². The van der Waals surface area contributed by atoms with Gasteiger partial charge in [-0.2, -0.15) is 0 Å². The van der Waals surface area contributed by atoms with Gasteiger partial charge in [0.2, 0.25) is 5.91 Å². The molecule has 1 N–H and O–H groups in total. The smallest absolute Gasteiger partial charge is 0.227 e. The Balaban J connectivity index is 2.72. The molecule has 17 heavy (non-hydrogen) atoms. The van der Waals surface area contributed by atoms with Gasteiger partial charge >= 0.3 is 0 Å². The van der Waals surface area contributed by atoms with Crippen LogP contribution in [0.2, 0.25) is 0 Å². The Bertz CT molecular complexity index is 389. The van der Waals surface area contributed by atoms with Crippen LogP contribution in [0.25, 0.3) is 0 Å². The van der Waals surface area contributed by atoms with Crippen LogP contribution in [0.3, 0.4) is 0 Å². The summed E-state index contributed by atoms with van der Waals surface area (Å²) in [4.78, 5) is 16.0. The zero-order valence-electron chi connectivity index (χ0n) is 11.4. The summed E-state index contributed by atoms with van der Waals surface area (Å²) in [5.74, 6) is 1.35. The lowest BCUT2D eigenvalue weighted by atomic mass is 9.97. The second kappa shape index (κ2) is 5.34. The number of nitrogens with one attached hydrogen (secondary N) is 1. The molecule has 1 heterocycles. The number of rotatable bonds is 4. The number of nitrogens with zero attached hydrogens (tertiary/aromatic N) is 1. The van der Waals surface area contributed by atoms with E-state index in [0.717, 1.165) is 12.1 Å². The fraction of sp³-hybridized carbons (Fsp3) is 0.692. The van der Waals surface area contributed by atoms with E-state index in [2.05, 4.69) is 10.3 Å². The van der Waals surface area contributed by atoms with Gasteiger partial charge in [0.1, 0.15) is 5.76 Å². The maximum atomic E-state index is 11.6. The molecule has 1 aromatic rings. The number of amides is 1. The Morgan fingerprint density at radius 2 is 2.06 bits per heavy atom. The summed E-state index contributed by atoms with van der Waals surface area (Å²) in [7, 11) is 0. The Morgan fingerprint density at radius 1 is 1.41 bits per heavy atom. The summed E-state index contributed by atoms with van der Waals surface area (Å²) in [5.41, 5.74) is 0.685. The number of oxazole rings is 1. The number of hydrogen-bond donors (Lipinski definition) is 1. The van der Waals surface area contributed by atoms with Crippen molar-refractivity contribution in [2.24, 2.45) is 0 Å². The number of carbonyl (C=O) groups excluding carboxylic acids is 1. The van der Waals surface area contributed by atoms with Crippen molar-refractivity contribution in [3.8, 4) is 0 Å². The van der Waals surface area contributed by atoms with Crippen molar-refractivity contribution >= 4 is 5.91 Å². The third-order valence-electron chi connectivity index (χ3n) is 2.43. The third kappa shape index (κ3) is 3.88. The fourth-order valence-electron chi connectivity index (χ4n) is 1.39. The molecule has 1 aromatic heterocycles. The highest BCUT2D eigenvalue weighted by atomic mass is 16.4. The first-order valence-electron chi connectivity index (χ1n) is 6.08. The average Bonchev–Trinajstić information content (AvgIpc) is 2.57. The molecule has 0 fully saturated rings. The predicted octanol–water partition coefficient (Wildman–Crippen LogP) is 2.35. The number of aromatic nitrogens is 1. The molecule has 1 rings (SSSR count). The highest BCUT2D eigenvalue weighted by molar-refractivity contribution is 5.78. The van der Waals surface area contributed by atoms with Gasteiger partial charge in [0.05, 0.1) is 12.1 Å². The highest BCUT2D eigenvalue weighted by Gasteiger charge is 2.22. The highest BCUT2D eigenvalue weighted by Crippen LogP contribution is 2.23. The first-order valence-corrected chi connectivity index (χ1v) is 6.08. The van der Waals surface area contributed by atoms with Gasteiger partial charge in [-0.25, -0.2) is 4.98 Å². The Hall–Kier alpha value is -1.32. The lowest BCUT2D eigenvalue weighted by Crippen LogP contribution is -2.25. The van der Waals surface area contributed by atoms with Gasteiger partial charge in [0.25, 0.3) is 0 Å². The van der Waals surface area contributed by atoms with Gasteiger partial charge in [-0.05, 0) is 13.3 Å². The quantitative estimate of drug-likeness (QED) is 0.876. The van der Waals surface area contributed by atoms with Crippen LogP contribution >= 0.6 is 0 Å². The van der Waals surface area contributed by atoms with Crippen LogP contribution in [0, 0.1) is 6.92 Å². The van der Waals surface area contributed by atoms with Crippen molar-refractivity contribution in [2.45, 2.75) is 52.9 Å². The zero-order chi connectivity index (χ0) is 13.1. The molecule has 0 aliphatic carbocycles. The minimum atomic E-state index is -0.122. The molecule has 0 unspecified atom stereocenters. The minimum absolute atomic E-state index is 0.00782. The topological polar surface area (TPSA) is 55.1 Å². The van der Waals surface area contributed by atoms with Gasteiger partial charge in [-0.1, -0.05) is 27.7 Å². The van der Waals surface area contributed by atoms with E-state index >= 15 is 0 Å². The molecule has 96 valence electrons. The molecule has 1 amide bonds. The van der Waals surface area contributed by atoms with Crippen LogP contribution in [-0.4, -0.2) is 17.4 Å². The molecule has 0 saturated heterocycles. The Kier molecular flexibility index (Phi) is 4.32. The van der Waals surface area contributed by atoms with Crippen LogP contribution in [-0.2, 0) is 16.6 Å². The van der Waals surface area contributed by atoms with Crippen LogP contribution in [0.15, 0.2) is 4.42 Å². The summed E-state index contributed by atoms with van der Waals surface area (Å²) in [5, 5.41) is 2.83. The van der Waals surface area contributed by atoms with E-state index in [1.807, 2.05) is 34.6 Å². The lowest BCUT2D eigenvalue weighted by Gasteiger charge is -2.12. The molecule has 4 heteroatoms. The van der Waals surface area contributed by atoms with Gasteiger partial charge in [0, 0.05) is 12.0 Å². The number of hydrogen-bond acceptors (Lipinski definition) is 3. The summed E-state index contributed by atoms with van der Waals surface area (Å²) in [6.07, 6.45) is 1.21. The van der Waals surface area contributed by atoms with Crippen LogP contribution in [0.5, 0.6) is 0 Å². The number of carbonyl (C=O) groups is 1. The second-order valence-corrected chi connectivity index (χ2v) is 5.30. The minimum Gasteiger partial charge on any atom is -0.444 e. The van der Waals surface area contributed by atoms with Gasteiger partial charge in [-0.15, -0.1) is 0 Å². The van der Waals surface area contributed by atoms with E-state index in [1.165, 1.54) is 0 Å². The Morgan fingerprint density at radius 3 is 2.53 bits per heavy atom. The summed E-state index contributed by atoms with van der Waals surface area (Å²) < 4.78 is 5.66. The second-order valence-electron chi connectivity index (χ2n) is 5.30. The number of aryl methyl sites for hydroxylation is 1. The standard InChI is InChI=1S/C13H22N2O2/c1-6-7-14-11(16)8-10-9(2)15-12(17-10)13(3,4)5/h6-8H2,1-5H3,(H,14,16). The molecule has 0 spiro atoms. The molecule has 0 aromatic carbocycles. The maximum absolute atomic E-state index is 11.6.